The van der Waals surface area contributed by atoms with E-state index in [1.807, 2.05) is 36.4 Å². The fourth-order valence-electron chi connectivity index (χ4n) is 3.43. The molecule has 0 fully saturated rings. The van der Waals surface area contributed by atoms with Crippen LogP contribution in [0.1, 0.15) is 82.5 Å². The Labute approximate surface area is 181 Å². The van der Waals surface area contributed by atoms with E-state index in [1.54, 1.807) is 0 Å². The van der Waals surface area contributed by atoms with Crippen LogP contribution < -0.4 is 0 Å². The van der Waals surface area contributed by atoms with Crippen LogP contribution in [0.3, 0.4) is 0 Å². The first-order valence-corrected chi connectivity index (χ1v) is 10.8. The molecule has 156 valence electrons. The number of hydrogen-bond donors (Lipinski definition) is 0. The zero-order valence-electron chi connectivity index (χ0n) is 18.2. The number of rotatable bonds is 12. The Balaban J connectivity index is 2.41. The van der Waals surface area contributed by atoms with Gasteiger partial charge in [-0.1, -0.05) is 76.3 Å². The molecular formula is C28H32O2. The number of unbranched alkanes of at least 4 members (excludes halogenated alkanes) is 2. The molecule has 0 unspecified atom stereocenters. The lowest BCUT2D eigenvalue weighted by atomic mass is 9.94. The van der Waals surface area contributed by atoms with Gasteiger partial charge in [-0.15, -0.1) is 0 Å². The van der Waals surface area contributed by atoms with Gasteiger partial charge in [-0.25, -0.2) is 0 Å². The van der Waals surface area contributed by atoms with Gasteiger partial charge in [-0.3, -0.25) is 9.59 Å². The van der Waals surface area contributed by atoms with Crippen LogP contribution in [0.15, 0.2) is 61.7 Å². The van der Waals surface area contributed by atoms with Gasteiger partial charge < -0.3 is 0 Å². The van der Waals surface area contributed by atoms with Crippen molar-refractivity contribution in [2.24, 2.45) is 0 Å². The Morgan fingerprint density at radius 2 is 1.13 bits per heavy atom. The van der Waals surface area contributed by atoms with Crippen LogP contribution >= 0.6 is 0 Å². The van der Waals surface area contributed by atoms with E-state index in [0.29, 0.717) is 11.1 Å². The van der Waals surface area contributed by atoms with Crippen LogP contribution in [0.5, 0.6) is 0 Å². The summed E-state index contributed by atoms with van der Waals surface area (Å²) in [6.45, 7) is 11.5. The molecule has 0 bridgehead atoms. The summed E-state index contributed by atoms with van der Waals surface area (Å²) in [6, 6.07) is 11.7. The van der Waals surface area contributed by atoms with Crippen molar-refractivity contribution in [2.45, 2.75) is 52.4 Å². The summed E-state index contributed by atoms with van der Waals surface area (Å²) >= 11 is 0. The molecule has 2 aromatic carbocycles. The monoisotopic (exact) mass is 400 g/mol. The van der Waals surface area contributed by atoms with E-state index in [-0.39, 0.29) is 11.6 Å². The zero-order chi connectivity index (χ0) is 21.9. The highest BCUT2D eigenvalue weighted by molar-refractivity contribution is 6.05. The van der Waals surface area contributed by atoms with Crippen molar-refractivity contribution < 1.29 is 9.59 Å². The topological polar surface area (TPSA) is 34.1 Å². The number of aryl methyl sites for hydroxylation is 2. The Morgan fingerprint density at radius 1 is 0.733 bits per heavy atom. The van der Waals surface area contributed by atoms with Gasteiger partial charge in [-0.2, -0.15) is 0 Å². The normalized spacial score (nSPS) is 10.9. The SMILES string of the molecule is C=CC(=O)c1ccc(/C=C/c2ccc(C(=O)C=C)cc2CCCC)c(CCCC)c1. The second kappa shape index (κ2) is 11.9. The molecule has 2 nitrogen and oxygen atoms in total. The van der Waals surface area contributed by atoms with Gasteiger partial charge in [0, 0.05) is 11.1 Å². The molecule has 2 aromatic rings. The lowest BCUT2D eigenvalue weighted by Gasteiger charge is -2.10. The first kappa shape index (κ1) is 23.3. The molecule has 0 heterocycles. The number of carbonyl (C=O) groups is 2. The average Bonchev–Trinajstić information content (AvgIpc) is 2.79. The summed E-state index contributed by atoms with van der Waals surface area (Å²) in [7, 11) is 0. The van der Waals surface area contributed by atoms with Gasteiger partial charge in [0.2, 0.25) is 0 Å². The first-order valence-electron chi connectivity index (χ1n) is 10.8. The predicted octanol–water partition coefficient (Wildman–Crippen LogP) is 7.28. The zero-order valence-corrected chi connectivity index (χ0v) is 18.2. The lowest BCUT2D eigenvalue weighted by Crippen LogP contribution is -1.99. The maximum Gasteiger partial charge on any atom is 0.185 e. The number of allylic oxidation sites excluding steroid dienone is 2. The minimum atomic E-state index is -0.0485. The molecule has 30 heavy (non-hydrogen) atoms. The van der Waals surface area contributed by atoms with Gasteiger partial charge in [0.05, 0.1) is 0 Å². The quantitative estimate of drug-likeness (QED) is 0.213. The molecular weight excluding hydrogens is 368 g/mol. The van der Waals surface area contributed by atoms with E-state index in [0.717, 1.165) is 49.7 Å². The fourth-order valence-corrected chi connectivity index (χ4v) is 3.43. The van der Waals surface area contributed by atoms with Crippen molar-refractivity contribution in [1.29, 1.82) is 0 Å². The van der Waals surface area contributed by atoms with Crippen molar-refractivity contribution in [2.75, 3.05) is 0 Å². The van der Waals surface area contributed by atoms with E-state index in [9.17, 15) is 9.59 Å². The van der Waals surface area contributed by atoms with E-state index in [1.165, 1.54) is 23.3 Å². The minimum absolute atomic E-state index is 0.0485. The van der Waals surface area contributed by atoms with Crippen LogP contribution in [-0.4, -0.2) is 11.6 Å². The Hall–Kier alpha value is -3.00. The van der Waals surface area contributed by atoms with Crippen molar-refractivity contribution in [3.63, 3.8) is 0 Å². The Morgan fingerprint density at radius 3 is 1.47 bits per heavy atom. The third-order valence-corrected chi connectivity index (χ3v) is 5.27. The summed E-state index contributed by atoms with van der Waals surface area (Å²) in [6.07, 6.45) is 13.2. The molecule has 0 amide bonds. The highest BCUT2D eigenvalue weighted by Crippen LogP contribution is 2.22. The Bertz CT molecular complexity index is 870. The second-order valence-electron chi connectivity index (χ2n) is 7.50. The molecule has 0 saturated heterocycles. The molecule has 0 aromatic heterocycles. The maximum absolute atomic E-state index is 12.0. The molecule has 0 N–H and O–H groups in total. The first-order chi connectivity index (χ1) is 14.5. The number of benzene rings is 2. The van der Waals surface area contributed by atoms with Crippen LogP contribution in [-0.2, 0) is 12.8 Å². The highest BCUT2D eigenvalue weighted by Gasteiger charge is 2.08. The average molecular weight is 401 g/mol. The molecule has 0 radical (unpaired) electrons. The van der Waals surface area contributed by atoms with Crippen molar-refractivity contribution >= 4 is 23.7 Å². The molecule has 0 atom stereocenters. The van der Waals surface area contributed by atoms with Crippen LogP contribution in [0.25, 0.3) is 12.2 Å². The molecule has 0 aliphatic carbocycles. The lowest BCUT2D eigenvalue weighted by molar-refractivity contribution is 0.103. The van der Waals surface area contributed by atoms with Gasteiger partial charge in [0.25, 0.3) is 0 Å². The van der Waals surface area contributed by atoms with E-state index in [4.69, 9.17) is 0 Å². The van der Waals surface area contributed by atoms with Gasteiger partial charge in [0.1, 0.15) is 0 Å². The molecule has 2 rings (SSSR count). The Kier molecular flexibility index (Phi) is 9.21. The van der Waals surface area contributed by atoms with E-state index in [2.05, 4.69) is 39.2 Å². The fraction of sp³-hybridized carbons (Fsp3) is 0.286. The molecule has 0 saturated carbocycles. The smallest absolute Gasteiger partial charge is 0.185 e. The molecule has 0 aliphatic heterocycles. The summed E-state index contributed by atoms with van der Waals surface area (Å²) < 4.78 is 0. The van der Waals surface area contributed by atoms with Gasteiger partial charge in [0.15, 0.2) is 11.6 Å². The highest BCUT2D eigenvalue weighted by atomic mass is 16.1. The molecule has 0 aliphatic rings. The number of hydrogen-bond acceptors (Lipinski definition) is 2. The van der Waals surface area contributed by atoms with Crippen molar-refractivity contribution in [1.82, 2.24) is 0 Å². The van der Waals surface area contributed by atoms with Gasteiger partial charge in [-0.05, 0) is 72.2 Å². The van der Waals surface area contributed by atoms with E-state index >= 15 is 0 Å². The van der Waals surface area contributed by atoms with Gasteiger partial charge >= 0.3 is 0 Å². The summed E-state index contributed by atoms with van der Waals surface area (Å²) in [4.78, 5) is 24.0. The van der Waals surface area contributed by atoms with Crippen LogP contribution in [0, 0.1) is 0 Å². The summed E-state index contributed by atoms with van der Waals surface area (Å²) in [5.74, 6) is -0.0970. The number of carbonyl (C=O) groups excluding carboxylic acids is 2. The van der Waals surface area contributed by atoms with Crippen LogP contribution in [0.4, 0.5) is 0 Å². The minimum Gasteiger partial charge on any atom is -0.289 e. The molecule has 2 heteroatoms. The third kappa shape index (κ3) is 6.25. The number of ketones is 2. The van der Waals surface area contributed by atoms with Crippen molar-refractivity contribution in [3.05, 3.63) is 95.1 Å². The largest absolute Gasteiger partial charge is 0.289 e. The third-order valence-electron chi connectivity index (χ3n) is 5.27. The van der Waals surface area contributed by atoms with E-state index < -0.39 is 0 Å². The van der Waals surface area contributed by atoms with Crippen molar-refractivity contribution in [3.8, 4) is 0 Å². The summed E-state index contributed by atoms with van der Waals surface area (Å²) in [5.41, 5.74) is 5.96. The molecule has 0 spiro atoms. The second-order valence-corrected chi connectivity index (χ2v) is 7.50. The maximum atomic E-state index is 12.0. The summed E-state index contributed by atoms with van der Waals surface area (Å²) in [5, 5.41) is 0. The predicted molar refractivity (Wildman–Crippen MR) is 128 cm³/mol. The standard InChI is InChI=1S/C28H32O2/c1-5-9-11-23-19-25(27(29)7-3)17-15-21(23)13-14-22-16-18-26(28(30)8-4)20-24(22)12-10-6-2/h7-8,13-20H,3-6,9-12H2,1-2H3/b14-13+. The van der Waals surface area contributed by atoms with Crippen LogP contribution in [0.2, 0.25) is 0 Å².